The third-order valence-corrected chi connectivity index (χ3v) is 2.70. The Morgan fingerprint density at radius 1 is 1.46 bits per heavy atom. The Balaban J connectivity index is 2.20. The molecule has 1 aliphatic rings. The van der Waals surface area contributed by atoms with Gasteiger partial charge in [0.25, 0.3) is 0 Å². The zero-order valence-electron chi connectivity index (χ0n) is 8.34. The number of benzene rings is 1. The average molecular weight is 176 g/mol. The van der Waals surface area contributed by atoms with E-state index in [1.807, 2.05) is 0 Å². The summed E-state index contributed by atoms with van der Waals surface area (Å²) in [5.41, 5.74) is 2.79. The van der Waals surface area contributed by atoms with Crippen LogP contribution in [0.4, 0.5) is 0 Å². The van der Waals surface area contributed by atoms with Gasteiger partial charge in [-0.1, -0.05) is 25.5 Å². The van der Waals surface area contributed by atoms with E-state index in [0.29, 0.717) is 6.10 Å². The molecule has 1 atom stereocenters. The first-order chi connectivity index (χ1) is 6.31. The molecule has 0 aliphatic carbocycles. The third kappa shape index (κ3) is 1.55. The van der Waals surface area contributed by atoms with Crippen LogP contribution in [0.3, 0.4) is 0 Å². The molecule has 0 saturated carbocycles. The largest absolute Gasteiger partial charge is 0.490 e. The van der Waals surface area contributed by atoms with Crippen molar-refractivity contribution in [2.45, 2.75) is 39.2 Å². The second-order valence-corrected chi connectivity index (χ2v) is 3.78. The van der Waals surface area contributed by atoms with Crippen molar-refractivity contribution >= 4 is 0 Å². The van der Waals surface area contributed by atoms with Crippen LogP contribution >= 0.6 is 0 Å². The summed E-state index contributed by atoms with van der Waals surface area (Å²) >= 11 is 0. The van der Waals surface area contributed by atoms with Gasteiger partial charge in [-0.25, -0.2) is 0 Å². The molecule has 1 heteroatoms. The summed E-state index contributed by atoms with van der Waals surface area (Å²) in [5, 5.41) is 0. The Hall–Kier alpha value is -0.980. The van der Waals surface area contributed by atoms with Crippen molar-refractivity contribution in [3.63, 3.8) is 0 Å². The molecule has 1 unspecified atom stereocenters. The molecule has 0 radical (unpaired) electrons. The van der Waals surface area contributed by atoms with Crippen LogP contribution in [0.25, 0.3) is 0 Å². The van der Waals surface area contributed by atoms with E-state index in [1.165, 1.54) is 24.0 Å². The monoisotopic (exact) mass is 176 g/mol. The smallest absolute Gasteiger partial charge is 0.123 e. The highest BCUT2D eigenvalue weighted by molar-refractivity contribution is 5.42. The molecule has 1 aromatic rings. The van der Waals surface area contributed by atoms with Gasteiger partial charge in [-0.05, 0) is 25.0 Å². The van der Waals surface area contributed by atoms with Gasteiger partial charge in [-0.15, -0.1) is 0 Å². The predicted octanol–water partition coefficient (Wildman–Crippen LogP) is 3.10. The molecular formula is C12H16O. The van der Waals surface area contributed by atoms with E-state index in [2.05, 4.69) is 32.0 Å². The summed E-state index contributed by atoms with van der Waals surface area (Å²) in [6.07, 6.45) is 3.92. The van der Waals surface area contributed by atoms with Crippen LogP contribution in [0.5, 0.6) is 5.75 Å². The molecule has 2 rings (SSSR count). The Morgan fingerprint density at radius 3 is 3.00 bits per heavy atom. The lowest BCUT2D eigenvalue weighted by molar-refractivity contribution is 0.220. The number of aryl methyl sites for hydroxylation is 1. The Morgan fingerprint density at radius 2 is 2.31 bits per heavy atom. The van der Waals surface area contributed by atoms with Gasteiger partial charge < -0.3 is 4.74 Å². The van der Waals surface area contributed by atoms with Crippen molar-refractivity contribution < 1.29 is 4.74 Å². The van der Waals surface area contributed by atoms with E-state index < -0.39 is 0 Å². The molecule has 1 nitrogen and oxygen atoms in total. The molecule has 13 heavy (non-hydrogen) atoms. The van der Waals surface area contributed by atoms with Crippen molar-refractivity contribution in [3.05, 3.63) is 29.3 Å². The Labute approximate surface area is 79.7 Å². The molecule has 0 fully saturated rings. The van der Waals surface area contributed by atoms with Gasteiger partial charge in [-0.3, -0.25) is 0 Å². The van der Waals surface area contributed by atoms with Crippen molar-refractivity contribution in [1.29, 1.82) is 0 Å². The quantitative estimate of drug-likeness (QED) is 0.672. The van der Waals surface area contributed by atoms with Gasteiger partial charge in [0.2, 0.25) is 0 Å². The van der Waals surface area contributed by atoms with Crippen molar-refractivity contribution in [3.8, 4) is 5.75 Å². The summed E-state index contributed by atoms with van der Waals surface area (Å²) < 4.78 is 5.83. The number of rotatable bonds is 2. The summed E-state index contributed by atoms with van der Waals surface area (Å²) in [5.74, 6) is 1.11. The van der Waals surface area contributed by atoms with Gasteiger partial charge in [0.05, 0.1) is 0 Å². The normalized spacial score (nSPS) is 19.7. The molecule has 1 aliphatic heterocycles. The minimum absolute atomic E-state index is 0.432. The lowest BCUT2D eigenvalue weighted by Gasteiger charge is -2.07. The van der Waals surface area contributed by atoms with Crippen LogP contribution in [0.1, 0.15) is 30.9 Å². The molecular weight excluding hydrogens is 160 g/mol. The molecule has 1 aromatic carbocycles. The maximum atomic E-state index is 5.83. The topological polar surface area (TPSA) is 9.23 Å². The third-order valence-electron chi connectivity index (χ3n) is 2.70. The fraction of sp³-hybridized carbons (Fsp3) is 0.500. The lowest BCUT2D eigenvalue weighted by Crippen LogP contribution is -2.11. The molecule has 0 amide bonds. The molecule has 0 N–H and O–H groups in total. The standard InChI is InChI=1S/C12H16O/c1-3-5-10-8-11-9(2)6-4-7-12(11)13-10/h4,6-7,10H,3,5,8H2,1-2H3. The van der Waals surface area contributed by atoms with E-state index in [0.717, 1.165) is 12.2 Å². The van der Waals surface area contributed by atoms with Crippen molar-refractivity contribution in [2.24, 2.45) is 0 Å². The zero-order valence-corrected chi connectivity index (χ0v) is 8.34. The Kier molecular flexibility index (Phi) is 2.26. The Bertz CT molecular complexity index is 304. The van der Waals surface area contributed by atoms with E-state index in [4.69, 9.17) is 4.74 Å². The van der Waals surface area contributed by atoms with Gasteiger partial charge >= 0.3 is 0 Å². The number of ether oxygens (including phenoxy) is 1. The van der Waals surface area contributed by atoms with Crippen LogP contribution in [-0.4, -0.2) is 6.10 Å². The zero-order chi connectivity index (χ0) is 9.26. The maximum absolute atomic E-state index is 5.83. The lowest BCUT2D eigenvalue weighted by atomic mass is 10.0. The number of hydrogen-bond donors (Lipinski definition) is 0. The SMILES string of the molecule is CCCC1Cc2c(C)cccc2O1. The second-order valence-electron chi connectivity index (χ2n) is 3.78. The number of fused-ring (bicyclic) bond motifs is 1. The highest BCUT2D eigenvalue weighted by Crippen LogP contribution is 2.32. The average Bonchev–Trinajstić information content (AvgIpc) is 2.49. The summed E-state index contributed by atoms with van der Waals surface area (Å²) in [6.45, 7) is 4.37. The van der Waals surface area contributed by atoms with Gasteiger partial charge in [0, 0.05) is 12.0 Å². The van der Waals surface area contributed by atoms with Crippen LogP contribution < -0.4 is 4.74 Å². The molecule has 1 heterocycles. The van der Waals surface area contributed by atoms with E-state index >= 15 is 0 Å². The summed E-state index contributed by atoms with van der Waals surface area (Å²) in [6, 6.07) is 6.32. The van der Waals surface area contributed by atoms with E-state index in [1.54, 1.807) is 0 Å². The first kappa shape index (κ1) is 8.61. The van der Waals surface area contributed by atoms with Crippen molar-refractivity contribution in [1.82, 2.24) is 0 Å². The molecule has 70 valence electrons. The molecule has 0 saturated heterocycles. The fourth-order valence-corrected chi connectivity index (χ4v) is 1.98. The molecule has 0 aromatic heterocycles. The maximum Gasteiger partial charge on any atom is 0.123 e. The van der Waals surface area contributed by atoms with Crippen LogP contribution in [0.15, 0.2) is 18.2 Å². The molecule has 0 bridgehead atoms. The first-order valence-corrected chi connectivity index (χ1v) is 5.06. The van der Waals surface area contributed by atoms with E-state index in [9.17, 15) is 0 Å². The first-order valence-electron chi connectivity index (χ1n) is 5.06. The minimum atomic E-state index is 0.432. The highest BCUT2D eigenvalue weighted by Gasteiger charge is 2.22. The highest BCUT2D eigenvalue weighted by atomic mass is 16.5. The van der Waals surface area contributed by atoms with Crippen LogP contribution in [-0.2, 0) is 6.42 Å². The van der Waals surface area contributed by atoms with Crippen LogP contribution in [0.2, 0.25) is 0 Å². The van der Waals surface area contributed by atoms with Gasteiger partial charge in [-0.2, -0.15) is 0 Å². The number of hydrogen-bond acceptors (Lipinski definition) is 1. The molecule has 0 spiro atoms. The van der Waals surface area contributed by atoms with Gasteiger partial charge in [0.1, 0.15) is 11.9 Å². The second kappa shape index (κ2) is 3.41. The van der Waals surface area contributed by atoms with E-state index in [-0.39, 0.29) is 0 Å². The minimum Gasteiger partial charge on any atom is -0.490 e. The van der Waals surface area contributed by atoms with Crippen LogP contribution in [0, 0.1) is 6.92 Å². The summed E-state index contributed by atoms with van der Waals surface area (Å²) in [7, 11) is 0. The summed E-state index contributed by atoms with van der Waals surface area (Å²) in [4.78, 5) is 0. The van der Waals surface area contributed by atoms with Gasteiger partial charge in [0.15, 0.2) is 0 Å². The van der Waals surface area contributed by atoms with Crippen molar-refractivity contribution in [2.75, 3.05) is 0 Å². The fourth-order valence-electron chi connectivity index (χ4n) is 1.98. The predicted molar refractivity (Wildman–Crippen MR) is 54.2 cm³/mol.